The molecule has 1 aromatic rings. The van der Waals surface area contributed by atoms with Crippen molar-refractivity contribution < 1.29 is 17.9 Å². The van der Waals surface area contributed by atoms with Gasteiger partial charge in [-0.05, 0) is 32.2 Å². The molecule has 1 aromatic carbocycles. The van der Waals surface area contributed by atoms with Gasteiger partial charge >= 0.3 is 5.97 Å². The number of sulfonamides is 1. The van der Waals surface area contributed by atoms with E-state index >= 15 is 0 Å². The van der Waals surface area contributed by atoms with Gasteiger partial charge in [0.05, 0.1) is 17.1 Å². The van der Waals surface area contributed by atoms with E-state index in [0.717, 1.165) is 0 Å². The number of nitrogens with one attached hydrogen (secondary N) is 2. The molecule has 0 aliphatic carbocycles. The van der Waals surface area contributed by atoms with Crippen molar-refractivity contribution >= 4 is 31.9 Å². The van der Waals surface area contributed by atoms with Crippen LogP contribution in [0.3, 0.4) is 0 Å². The molecule has 0 radical (unpaired) electrons. The lowest BCUT2D eigenvalue weighted by Gasteiger charge is -2.09. The summed E-state index contributed by atoms with van der Waals surface area (Å²) in [6.45, 7) is 2.69. The average molecular weight is 365 g/mol. The van der Waals surface area contributed by atoms with Crippen molar-refractivity contribution in [1.29, 1.82) is 0 Å². The van der Waals surface area contributed by atoms with Crippen LogP contribution in [-0.4, -0.2) is 41.1 Å². The van der Waals surface area contributed by atoms with E-state index in [9.17, 15) is 13.2 Å². The van der Waals surface area contributed by atoms with Gasteiger partial charge in [-0.3, -0.25) is 0 Å². The van der Waals surface area contributed by atoms with E-state index in [4.69, 9.17) is 4.74 Å². The van der Waals surface area contributed by atoms with Crippen LogP contribution in [0.5, 0.6) is 0 Å². The van der Waals surface area contributed by atoms with Crippen LogP contribution < -0.4 is 10.0 Å². The molecule has 0 unspecified atom stereocenters. The lowest BCUT2D eigenvalue weighted by molar-refractivity contribution is 0.0526. The summed E-state index contributed by atoms with van der Waals surface area (Å²) >= 11 is 3.19. The van der Waals surface area contributed by atoms with Gasteiger partial charge in [-0.2, -0.15) is 0 Å². The van der Waals surface area contributed by atoms with Crippen molar-refractivity contribution in [3.05, 3.63) is 28.2 Å². The van der Waals surface area contributed by atoms with Gasteiger partial charge in [0.1, 0.15) is 0 Å². The third-order valence-electron chi connectivity index (χ3n) is 2.36. The Labute approximate surface area is 127 Å². The highest BCUT2D eigenvalue weighted by Crippen LogP contribution is 2.20. The van der Waals surface area contributed by atoms with Crippen molar-refractivity contribution in [2.75, 3.05) is 26.7 Å². The Hall–Kier alpha value is -0.960. The minimum absolute atomic E-state index is 0.0195. The Morgan fingerprint density at radius 2 is 2.00 bits per heavy atom. The number of benzene rings is 1. The second kappa shape index (κ2) is 7.72. The normalized spacial score (nSPS) is 11.3. The summed E-state index contributed by atoms with van der Waals surface area (Å²) in [5, 5.41) is 2.84. The summed E-state index contributed by atoms with van der Waals surface area (Å²) < 4.78 is 32.0. The van der Waals surface area contributed by atoms with Crippen LogP contribution >= 0.6 is 15.9 Å². The predicted molar refractivity (Wildman–Crippen MR) is 79.2 cm³/mol. The van der Waals surface area contributed by atoms with E-state index in [2.05, 4.69) is 26.0 Å². The Morgan fingerprint density at radius 1 is 1.30 bits per heavy atom. The molecule has 0 aliphatic heterocycles. The molecule has 2 N–H and O–H groups in total. The zero-order valence-corrected chi connectivity index (χ0v) is 13.7. The van der Waals surface area contributed by atoms with Crippen molar-refractivity contribution in [2.24, 2.45) is 0 Å². The van der Waals surface area contributed by atoms with Crippen LogP contribution in [-0.2, 0) is 14.8 Å². The molecule has 112 valence electrons. The fourth-order valence-electron chi connectivity index (χ4n) is 1.44. The molecule has 0 amide bonds. The third-order valence-corrected chi connectivity index (χ3v) is 4.26. The van der Waals surface area contributed by atoms with Crippen LogP contribution in [0, 0.1) is 0 Å². The first kappa shape index (κ1) is 17.1. The number of halogens is 1. The van der Waals surface area contributed by atoms with Gasteiger partial charge in [-0.25, -0.2) is 17.9 Å². The first-order valence-corrected chi connectivity index (χ1v) is 8.30. The Bertz CT molecular complexity index is 575. The highest BCUT2D eigenvalue weighted by atomic mass is 79.9. The summed E-state index contributed by atoms with van der Waals surface area (Å²) in [4.78, 5) is 11.7. The van der Waals surface area contributed by atoms with Gasteiger partial charge in [0, 0.05) is 17.6 Å². The summed E-state index contributed by atoms with van der Waals surface area (Å²) in [5.74, 6) is -0.555. The second-order valence-corrected chi connectivity index (χ2v) is 6.58. The summed E-state index contributed by atoms with van der Waals surface area (Å²) in [6.07, 6.45) is 0. The Kier molecular flexibility index (Phi) is 6.60. The Balaban J connectivity index is 3.03. The molecular formula is C12H17BrN2O4S. The van der Waals surface area contributed by atoms with Crippen molar-refractivity contribution in [2.45, 2.75) is 11.8 Å². The van der Waals surface area contributed by atoms with Crippen LogP contribution in [0.4, 0.5) is 0 Å². The molecule has 0 atom stereocenters. The number of likely N-dealkylation sites (N-methyl/N-ethyl adjacent to an activating group) is 1. The van der Waals surface area contributed by atoms with Crippen molar-refractivity contribution in [1.82, 2.24) is 10.0 Å². The van der Waals surface area contributed by atoms with Gasteiger partial charge in [-0.15, -0.1) is 0 Å². The topological polar surface area (TPSA) is 84.5 Å². The monoisotopic (exact) mass is 364 g/mol. The van der Waals surface area contributed by atoms with Crippen LogP contribution in [0.25, 0.3) is 0 Å². The molecule has 0 spiro atoms. The molecule has 0 heterocycles. The lowest BCUT2D eigenvalue weighted by Crippen LogP contribution is -2.30. The first-order valence-electron chi connectivity index (χ1n) is 6.02. The summed E-state index contributed by atoms with van der Waals surface area (Å²) in [6, 6.07) is 4.25. The quantitative estimate of drug-likeness (QED) is 0.559. The molecule has 0 aliphatic rings. The highest BCUT2D eigenvalue weighted by molar-refractivity contribution is 9.10. The molecule has 0 aromatic heterocycles. The molecule has 6 nitrogen and oxygen atoms in total. The average Bonchev–Trinajstić information content (AvgIpc) is 2.38. The third kappa shape index (κ3) is 4.86. The minimum atomic E-state index is -3.65. The molecule has 1 rings (SSSR count). The number of ether oxygens (including phenoxy) is 1. The van der Waals surface area contributed by atoms with Crippen LogP contribution in [0.2, 0.25) is 0 Å². The van der Waals surface area contributed by atoms with Crippen molar-refractivity contribution in [3.8, 4) is 0 Å². The number of carbonyl (C=O) groups excluding carboxylic acids is 1. The second-order valence-electron chi connectivity index (χ2n) is 3.90. The number of hydrogen-bond acceptors (Lipinski definition) is 5. The van der Waals surface area contributed by atoms with E-state index in [-0.39, 0.29) is 23.6 Å². The lowest BCUT2D eigenvalue weighted by atomic mass is 10.2. The molecule has 0 saturated heterocycles. The fourth-order valence-corrected chi connectivity index (χ4v) is 3.19. The maximum absolute atomic E-state index is 12.1. The molecule has 0 fully saturated rings. The van der Waals surface area contributed by atoms with Crippen LogP contribution in [0.15, 0.2) is 27.6 Å². The molecular weight excluding hydrogens is 348 g/mol. The van der Waals surface area contributed by atoms with E-state index in [1.165, 1.54) is 18.2 Å². The smallest absolute Gasteiger partial charge is 0.338 e. The summed E-state index contributed by atoms with van der Waals surface area (Å²) in [5.41, 5.74) is 0.190. The zero-order chi connectivity index (χ0) is 15.2. The number of hydrogen-bond donors (Lipinski definition) is 2. The number of carbonyl (C=O) groups is 1. The number of rotatable bonds is 7. The van der Waals surface area contributed by atoms with E-state index in [0.29, 0.717) is 11.0 Å². The summed E-state index contributed by atoms with van der Waals surface area (Å²) in [7, 11) is -1.93. The minimum Gasteiger partial charge on any atom is -0.462 e. The molecule has 0 bridgehead atoms. The molecule has 20 heavy (non-hydrogen) atoms. The maximum atomic E-state index is 12.1. The number of esters is 1. The SMILES string of the molecule is CCOC(=O)c1cc(Br)cc(S(=O)(=O)NCCNC)c1. The van der Waals surface area contributed by atoms with Gasteiger partial charge in [0.2, 0.25) is 10.0 Å². The van der Waals surface area contributed by atoms with E-state index in [1.54, 1.807) is 14.0 Å². The maximum Gasteiger partial charge on any atom is 0.338 e. The zero-order valence-electron chi connectivity index (χ0n) is 11.3. The van der Waals surface area contributed by atoms with E-state index < -0.39 is 16.0 Å². The predicted octanol–water partition coefficient (Wildman–Crippen LogP) is 1.12. The standard InChI is InChI=1S/C12H17BrN2O4S/c1-3-19-12(16)9-6-10(13)8-11(7-9)20(17,18)15-5-4-14-2/h6-8,14-15H,3-5H2,1-2H3. The van der Waals surface area contributed by atoms with Gasteiger partial charge < -0.3 is 10.1 Å². The molecule has 8 heteroatoms. The Morgan fingerprint density at radius 3 is 2.60 bits per heavy atom. The van der Waals surface area contributed by atoms with E-state index in [1.807, 2.05) is 0 Å². The highest BCUT2D eigenvalue weighted by Gasteiger charge is 2.17. The largest absolute Gasteiger partial charge is 0.462 e. The van der Waals surface area contributed by atoms with Crippen LogP contribution in [0.1, 0.15) is 17.3 Å². The van der Waals surface area contributed by atoms with Gasteiger partial charge in [0.15, 0.2) is 0 Å². The molecule has 0 saturated carbocycles. The van der Waals surface area contributed by atoms with Gasteiger partial charge in [-0.1, -0.05) is 15.9 Å². The van der Waals surface area contributed by atoms with Gasteiger partial charge in [0.25, 0.3) is 0 Å². The fraction of sp³-hybridized carbons (Fsp3) is 0.417. The first-order chi connectivity index (χ1) is 9.40. The van der Waals surface area contributed by atoms with Crippen molar-refractivity contribution in [3.63, 3.8) is 0 Å².